The molecule has 0 atom stereocenters. The molecule has 0 radical (unpaired) electrons. The predicted molar refractivity (Wildman–Crippen MR) is 130 cm³/mol. The normalized spacial score (nSPS) is 11.1. The molecule has 6 nitrogen and oxygen atoms in total. The Bertz CT molecular complexity index is 1490. The molecule has 5 rings (SSSR count). The van der Waals surface area contributed by atoms with Crippen LogP contribution in [0.1, 0.15) is 11.5 Å². The van der Waals surface area contributed by atoms with Gasteiger partial charge >= 0.3 is 0 Å². The highest BCUT2D eigenvalue weighted by Crippen LogP contribution is 2.32. The molecule has 0 amide bonds. The quantitative estimate of drug-likeness (QED) is 0.243. The topological polar surface area (TPSA) is 70.2 Å². The van der Waals surface area contributed by atoms with Crippen molar-refractivity contribution in [2.24, 2.45) is 0 Å². The summed E-state index contributed by atoms with van der Waals surface area (Å²) >= 11 is 1.45. The minimum atomic E-state index is -0.0964. The van der Waals surface area contributed by atoms with Gasteiger partial charge in [0.25, 0.3) is 5.56 Å². The third kappa shape index (κ3) is 4.03. The zero-order chi connectivity index (χ0) is 22.8. The van der Waals surface area contributed by atoms with Gasteiger partial charge in [0.1, 0.15) is 11.5 Å². The highest BCUT2D eigenvalue weighted by atomic mass is 32.2. The number of aryl methyl sites for hydroxylation is 1. The number of benzene rings is 3. The second kappa shape index (κ2) is 8.96. The molecule has 7 heteroatoms. The first-order valence-corrected chi connectivity index (χ1v) is 11.4. The van der Waals surface area contributed by atoms with Gasteiger partial charge in [0, 0.05) is 5.75 Å². The van der Waals surface area contributed by atoms with Crippen molar-refractivity contribution in [3.05, 3.63) is 101 Å². The number of rotatable bonds is 6. The molecule has 33 heavy (non-hydrogen) atoms. The van der Waals surface area contributed by atoms with Gasteiger partial charge < -0.3 is 9.15 Å². The van der Waals surface area contributed by atoms with E-state index in [9.17, 15) is 4.79 Å². The van der Waals surface area contributed by atoms with Crippen LogP contribution in [0.4, 0.5) is 0 Å². The van der Waals surface area contributed by atoms with Crippen LogP contribution in [0.3, 0.4) is 0 Å². The number of aromatic nitrogens is 3. The standard InChI is InChI=1S/C26H21N3O3S/c1-17-22(27-24(32-17)20-13-7-9-15-23(20)31-2)16-33-26-28-21-14-8-6-12-19(21)25(30)29(26)18-10-4-3-5-11-18/h3-15H,16H2,1-2H3. The predicted octanol–water partition coefficient (Wildman–Crippen LogP) is 5.65. The molecule has 2 aromatic heterocycles. The Balaban J connectivity index is 1.53. The second-order valence-electron chi connectivity index (χ2n) is 7.40. The summed E-state index contributed by atoms with van der Waals surface area (Å²) in [5.74, 6) is 2.43. The van der Waals surface area contributed by atoms with E-state index in [2.05, 4.69) is 0 Å². The van der Waals surface area contributed by atoms with E-state index in [0.29, 0.717) is 33.5 Å². The van der Waals surface area contributed by atoms with Gasteiger partial charge in [0.2, 0.25) is 5.89 Å². The van der Waals surface area contributed by atoms with E-state index >= 15 is 0 Å². The first kappa shape index (κ1) is 21.0. The number of nitrogens with zero attached hydrogens (tertiary/aromatic N) is 3. The van der Waals surface area contributed by atoms with Gasteiger partial charge in [0.15, 0.2) is 5.16 Å². The highest BCUT2D eigenvalue weighted by Gasteiger charge is 2.18. The van der Waals surface area contributed by atoms with E-state index in [1.54, 1.807) is 17.7 Å². The summed E-state index contributed by atoms with van der Waals surface area (Å²) < 4.78 is 13.0. The molecular formula is C26H21N3O3S. The maximum atomic E-state index is 13.3. The van der Waals surface area contributed by atoms with Crippen molar-refractivity contribution in [2.75, 3.05) is 7.11 Å². The van der Waals surface area contributed by atoms with E-state index in [0.717, 1.165) is 22.7 Å². The van der Waals surface area contributed by atoms with Gasteiger partial charge in [0.05, 0.1) is 35.0 Å². The molecule has 0 spiro atoms. The fourth-order valence-electron chi connectivity index (χ4n) is 3.65. The fourth-order valence-corrected chi connectivity index (χ4v) is 4.66. The highest BCUT2D eigenvalue weighted by molar-refractivity contribution is 7.98. The molecule has 0 fully saturated rings. The molecule has 0 bridgehead atoms. The van der Waals surface area contributed by atoms with Crippen molar-refractivity contribution in [1.82, 2.24) is 14.5 Å². The van der Waals surface area contributed by atoms with Crippen molar-refractivity contribution in [3.8, 4) is 22.9 Å². The molecular weight excluding hydrogens is 434 g/mol. The largest absolute Gasteiger partial charge is 0.496 e. The maximum Gasteiger partial charge on any atom is 0.266 e. The van der Waals surface area contributed by atoms with Crippen molar-refractivity contribution < 1.29 is 9.15 Å². The molecule has 164 valence electrons. The Morgan fingerprint density at radius 1 is 0.939 bits per heavy atom. The van der Waals surface area contributed by atoms with Gasteiger partial charge in [-0.2, -0.15) is 0 Å². The van der Waals surface area contributed by atoms with Crippen molar-refractivity contribution in [2.45, 2.75) is 17.8 Å². The summed E-state index contributed by atoms with van der Waals surface area (Å²) in [6, 6.07) is 24.6. The summed E-state index contributed by atoms with van der Waals surface area (Å²) in [7, 11) is 1.62. The maximum absolute atomic E-state index is 13.3. The number of fused-ring (bicyclic) bond motifs is 1. The number of hydrogen-bond acceptors (Lipinski definition) is 6. The van der Waals surface area contributed by atoms with Crippen LogP contribution in [0.2, 0.25) is 0 Å². The third-order valence-electron chi connectivity index (χ3n) is 5.33. The number of hydrogen-bond donors (Lipinski definition) is 0. The first-order valence-electron chi connectivity index (χ1n) is 10.5. The summed E-state index contributed by atoms with van der Waals surface area (Å²) in [6.45, 7) is 1.89. The molecule has 0 saturated carbocycles. The molecule has 0 N–H and O–H groups in total. The Hall–Kier alpha value is -3.84. The van der Waals surface area contributed by atoms with Crippen LogP contribution in [0, 0.1) is 6.92 Å². The van der Waals surface area contributed by atoms with E-state index in [4.69, 9.17) is 19.1 Å². The summed E-state index contributed by atoms with van der Waals surface area (Å²) in [6.07, 6.45) is 0. The summed E-state index contributed by atoms with van der Waals surface area (Å²) in [4.78, 5) is 22.9. The number of methoxy groups -OCH3 is 1. The molecule has 5 aromatic rings. The second-order valence-corrected chi connectivity index (χ2v) is 8.34. The number of oxazole rings is 1. The lowest BCUT2D eigenvalue weighted by molar-refractivity contribution is 0.414. The third-order valence-corrected chi connectivity index (χ3v) is 6.28. The van der Waals surface area contributed by atoms with Gasteiger partial charge in [-0.3, -0.25) is 9.36 Å². The zero-order valence-corrected chi connectivity index (χ0v) is 19.0. The van der Waals surface area contributed by atoms with Gasteiger partial charge in [-0.05, 0) is 43.3 Å². The van der Waals surface area contributed by atoms with Crippen LogP contribution in [-0.4, -0.2) is 21.6 Å². The van der Waals surface area contributed by atoms with Crippen LogP contribution >= 0.6 is 11.8 Å². The fraction of sp³-hybridized carbons (Fsp3) is 0.115. The molecule has 0 unspecified atom stereocenters. The van der Waals surface area contributed by atoms with Gasteiger partial charge in [-0.15, -0.1) is 0 Å². The molecule has 0 saturated heterocycles. The Kier molecular flexibility index (Phi) is 5.71. The average Bonchev–Trinajstić information content (AvgIpc) is 3.23. The monoisotopic (exact) mass is 455 g/mol. The van der Waals surface area contributed by atoms with Crippen LogP contribution in [0.15, 0.2) is 93.2 Å². The van der Waals surface area contributed by atoms with E-state index in [1.807, 2.05) is 79.7 Å². The van der Waals surface area contributed by atoms with Crippen molar-refractivity contribution >= 4 is 22.7 Å². The van der Waals surface area contributed by atoms with Crippen LogP contribution in [-0.2, 0) is 5.75 Å². The smallest absolute Gasteiger partial charge is 0.266 e. The van der Waals surface area contributed by atoms with E-state index in [1.165, 1.54) is 11.8 Å². The molecule has 3 aromatic carbocycles. The molecule has 0 aliphatic heterocycles. The lowest BCUT2D eigenvalue weighted by atomic mass is 10.2. The lowest BCUT2D eigenvalue weighted by Crippen LogP contribution is -2.21. The van der Waals surface area contributed by atoms with E-state index < -0.39 is 0 Å². The number of ether oxygens (including phenoxy) is 1. The van der Waals surface area contributed by atoms with Crippen molar-refractivity contribution in [1.29, 1.82) is 0 Å². The van der Waals surface area contributed by atoms with Crippen LogP contribution < -0.4 is 10.3 Å². The van der Waals surface area contributed by atoms with E-state index in [-0.39, 0.29) is 5.56 Å². The van der Waals surface area contributed by atoms with Gasteiger partial charge in [-0.25, -0.2) is 9.97 Å². The zero-order valence-electron chi connectivity index (χ0n) is 18.2. The summed E-state index contributed by atoms with van der Waals surface area (Å²) in [5.41, 5.74) is 2.94. The lowest BCUT2D eigenvalue weighted by Gasteiger charge is -2.12. The Morgan fingerprint density at radius 2 is 1.67 bits per heavy atom. The Morgan fingerprint density at radius 3 is 2.48 bits per heavy atom. The molecule has 2 heterocycles. The SMILES string of the molecule is COc1ccccc1-c1nc(CSc2nc3ccccc3c(=O)n2-c2ccccc2)c(C)o1. The minimum absolute atomic E-state index is 0.0964. The van der Waals surface area contributed by atoms with Crippen LogP contribution in [0.5, 0.6) is 5.75 Å². The average molecular weight is 456 g/mol. The molecule has 0 aliphatic rings. The van der Waals surface area contributed by atoms with Crippen molar-refractivity contribution in [3.63, 3.8) is 0 Å². The molecule has 0 aliphatic carbocycles. The van der Waals surface area contributed by atoms with Gasteiger partial charge in [-0.1, -0.05) is 54.2 Å². The minimum Gasteiger partial charge on any atom is -0.496 e. The van der Waals surface area contributed by atoms with Crippen LogP contribution in [0.25, 0.3) is 28.0 Å². The summed E-state index contributed by atoms with van der Waals surface area (Å²) in [5, 5.41) is 1.19. The number of para-hydroxylation sites is 3. The number of thioether (sulfide) groups is 1. The first-order chi connectivity index (χ1) is 16.2. The Labute approximate surface area is 194 Å².